The standard InChI is InChI=1S/2C19H21NO2.C16H23NO2/c2*20-18(12-16-9-5-2-6-10-16)19(22)13-17(14-21)11-15-7-3-1-4-8-15;1-12(2)8-15(17)16(19)10-14(11-18)9-13-6-4-3-5-7-13/h2*1-10,14,17-18H,11-13,20H2;3-7,11-12,14-15H,8-10,17H2,1-2H3/t2*17-,18+;14-,15+/m111/s1. The molecule has 0 bridgehead atoms. The van der Waals surface area contributed by atoms with E-state index in [1.54, 1.807) is 0 Å². The van der Waals surface area contributed by atoms with Gasteiger partial charge in [0, 0.05) is 37.0 Å². The maximum atomic E-state index is 12.2. The number of Topliss-reactive ketones (excluding diaryl/α,β-unsaturated/α-hetero) is 3. The van der Waals surface area contributed by atoms with Crippen LogP contribution in [0.1, 0.15) is 67.3 Å². The lowest BCUT2D eigenvalue weighted by atomic mass is 9.91. The molecule has 6 atom stereocenters. The van der Waals surface area contributed by atoms with Gasteiger partial charge in [-0.05, 0) is 72.3 Å². The van der Waals surface area contributed by atoms with Crippen LogP contribution in [0.4, 0.5) is 0 Å². The lowest BCUT2D eigenvalue weighted by Crippen LogP contribution is -2.34. The van der Waals surface area contributed by atoms with Crippen molar-refractivity contribution in [3.8, 4) is 0 Å². The first-order chi connectivity index (χ1) is 30.4. The predicted octanol–water partition coefficient (Wildman–Crippen LogP) is 7.52. The first-order valence-electron chi connectivity index (χ1n) is 21.8. The highest BCUT2D eigenvalue weighted by atomic mass is 16.1. The van der Waals surface area contributed by atoms with Crippen LogP contribution in [0.5, 0.6) is 0 Å². The van der Waals surface area contributed by atoms with Crippen molar-refractivity contribution in [3.63, 3.8) is 0 Å². The lowest BCUT2D eigenvalue weighted by Gasteiger charge is -2.15. The Bertz CT molecular complexity index is 1950. The monoisotopic (exact) mass is 851 g/mol. The van der Waals surface area contributed by atoms with Crippen molar-refractivity contribution in [1.29, 1.82) is 0 Å². The first-order valence-corrected chi connectivity index (χ1v) is 21.8. The van der Waals surface area contributed by atoms with E-state index < -0.39 is 18.1 Å². The summed E-state index contributed by atoms with van der Waals surface area (Å²) in [6.07, 6.45) is 6.69. The quantitative estimate of drug-likeness (QED) is 0.0529. The second-order valence-corrected chi connectivity index (χ2v) is 16.6. The van der Waals surface area contributed by atoms with Crippen molar-refractivity contribution in [3.05, 3.63) is 179 Å². The summed E-state index contributed by atoms with van der Waals surface area (Å²) in [5.41, 5.74) is 23.1. The number of ketones is 3. The van der Waals surface area contributed by atoms with E-state index in [1.165, 1.54) is 0 Å². The fraction of sp³-hybridized carbons (Fsp3) is 0.333. The third kappa shape index (κ3) is 21.1. The molecule has 0 aromatic heterocycles. The van der Waals surface area contributed by atoms with E-state index in [2.05, 4.69) is 0 Å². The summed E-state index contributed by atoms with van der Waals surface area (Å²) in [7, 11) is 0. The molecular formula is C54H65N3O6. The van der Waals surface area contributed by atoms with Crippen molar-refractivity contribution < 1.29 is 28.8 Å². The molecule has 0 aliphatic rings. The predicted molar refractivity (Wildman–Crippen MR) is 252 cm³/mol. The molecular weight excluding hydrogens is 787 g/mol. The summed E-state index contributed by atoms with van der Waals surface area (Å²) in [6.45, 7) is 4.07. The third-order valence-electron chi connectivity index (χ3n) is 10.6. The van der Waals surface area contributed by atoms with Gasteiger partial charge in [-0.15, -0.1) is 0 Å². The molecule has 0 unspecified atom stereocenters. The highest BCUT2D eigenvalue weighted by molar-refractivity contribution is 5.87. The second-order valence-electron chi connectivity index (χ2n) is 16.6. The van der Waals surface area contributed by atoms with Gasteiger partial charge in [-0.2, -0.15) is 0 Å². The fourth-order valence-electron chi connectivity index (χ4n) is 7.09. The zero-order valence-corrected chi connectivity index (χ0v) is 36.8. The number of hydrogen-bond acceptors (Lipinski definition) is 9. The molecule has 0 radical (unpaired) electrons. The summed E-state index contributed by atoms with van der Waals surface area (Å²) >= 11 is 0. The summed E-state index contributed by atoms with van der Waals surface area (Å²) in [4.78, 5) is 70.0. The van der Waals surface area contributed by atoms with Gasteiger partial charge in [0.15, 0.2) is 11.6 Å². The second kappa shape index (κ2) is 29.3. The molecule has 6 N–H and O–H groups in total. The summed E-state index contributed by atoms with van der Waals surface area (Å²) in [5, 5.41) is 0. The molecule has 0 spiro atoms. The van der Waals surface area contributed by atoms with Crippen molar-refractivity contribution in [2.24, 2.45) is 40.9 Å². The van der Waals surface area contributed by atoms with E-state index >= 15 is 0 Å². The van der Waals surface area contributed by atoms with E-state index in [-0.39, 0.29) is 54.4 Å². The van der Waals surface area contributed by atoms with Crippen molar-refractivity contribution in [2.75, 3.05) is 0 Å². The van der Waals surface area contributed by atoms with Crippen LogP contribution < -0.4 is 17.2 Å². The van der Waals surface area contributed by atoms with Gasteiger partial charge in [0.05, 0.1) is 18.1 Å². The Labute approximate surface area is 373 Å². The summed E-state index contributed by atoms with van der Waals surface area (Å²) < 4.78 is 0. The molecule has 0 saturated carbocycles. The number of carbonyl (C=O) groups is 6. The highest BCUT2D eigenvalue weighted by Crippen LogP contribution is 2.16. The Morgan fingerprint density at radius 3 is 0.825 bits per heavy atom. The normalized spacial score (nSPS) is 13.6. The summed E-state index contributed by atoms with van der Waals surface area (Å²) in [6, 6.07) is 47.0. The average Bonchev–Trinajstić information content (AvgIpc) is 3.30. The molecule has 5 aromatic rings. The minimum Gasteiger partial charge on any atom is -0.322 e. The zero-order valence-electron chi connectivity index (χ0n) is 36.8. The zero-order chi connectivity index (χ0) is 45.8. The van der Waals surface area contributed by atoms with Gasteiger partial charge in [-0.3, -0.25) is 14.4 Å². The third-order valence-corrected chi connectivity index (χ3v) is 10.6. The minimum atomic E-state index is -0.555. The van der Waals surface area contributed by atoms with E-state index in [0.29, 0.717) is 44.4 Å². The number of benzene rings is 5. The molecule has 0 heterocycles. The average molecular weight is 852 g/mol. The van der Waals surface area contributed by atoms with Crippen molar-refractivity contribution >= 4 is 36.2 Å². The van der Waals surface area contributed by atoms with Gasteiger partial charge in [-0.1, -0.05) is 166 Å². The molecule has 9 heteroatoms. The molecule has 0 fully saturated rings. The van der Waals surface area contributed by atoms with Gasteiger partial charge < -0.3 is 31.6 Å². The van der Waals surface area contributed by atoms with Gasteiger partial charge in [0.1, 0.15) is 24.6 Å². The van der Waals surface area contributed by atoms with E-state index in [1.807, 2.05) is 166 Å². The molecule has 0 aliphatic carbocycles. The maximum Gasteiger partial charge on any atom is 0.150 e. The summed E-state index contributed by atoms with van der Waals surface area (Å²) in [5.74, 6) is -0.625. The highest BCUT2D eigenvalue weighted by Gasteiger charge is 2.22. The number of nitrogens with two attached hydrogens (primary N) is 3. The molecule has 0 aliphatic heterocycles. The van der Waals surface area contributed by atoms with Crippen LogP contribution >= 0.6 is 0 Å². The van der Waals surface area contributed by atoms with Crippen LogP contribution in [0.15, 0.2) is 152 Å². The van der Waals surface area contributed by atoms with E-state index in [0.717, 1.165) is 46.7 Å². The Balaban J connectivity index is 0.000000252. The topological polar surface area (TPSA) is 180 Å². The minimum absolute atomic E-state index is 0.0123. The van der Waals surface area contributed by atoms with Crippen LogP contribution in [0.25, 0.3) is 0 Å². The van der Waals surface area contributed by atoms with Crippen LogP contribution in [0, 0.1) is 23.7 Å². The van der Waals surface area contributed by atoms with E-state index in [9.17, 15) is 28.8 Å². The van der Waals surface area contributed by atoms with Crippen molar-refractivity contribution in [2.45, 2.75) is 89.8 Å². The van der Waals surface area contributed by atoms with Crippen LogP contribution in [0.3, 0.4) is 0 Å². The van der Waals surface area contributed by atoms with E-state index in [4.69, 9.17) is 17.2 Å². The smallest absolute Gasteiger partial charge is 0.150 e. The molecule has 63 heavy (non-hydrogen) atoms. The lowest BCUT2D eigenvalue weighted by molar-refractivity contribution is -0.124. The number of aldehydes is 3. The largest absolute Gasteiger partial charge is 0.322 e. The van der Waals surface area contributed by atoms with Gasteiger partial charge in [-0.25, -0.2) is 0 Å². The fourth-order valence-corrected chi connectivity index (χ4v) is 7.09. The number of rotatable bonds is 24. The Morgan fingerprint density at radius 2 is 0.603 bits per heavy atom. The molecule has 9 nitrogen and oxygen atoms in total. The van der Waals surface area contributed by atoms with Crippen LogP contribution in [0.2, 0.25) is 0 Å². The van der Waals surface area contributed by atoms with Gasteiger partial charge in [0.2, 0.25) is 0 Å². The Kier molecular flexibility index (Phi) is 23.9. The SMILES string of the molecule is CC(C)C[C@H](N)C(=O)C[C@H](C=O)Cc1ccccc1.N[C@@H](Cc1ccccc1)C(=O)C[C@H](C=O)Cc1ccccc1.N[C@@H](Cc1ccccc1)C(=O)C[C@H](C=O)Cc1ccccc1. The van der Waals surface area contributed by atoms with Crippen LogP contribution in [-0.4, -0.2) is 54.3 Å². The first kappa shape index (κ1) is 51.4. The Morgan fingerprint density at radius 1 is 0.381 bits per heavy atom. The number of hydrogen-bond donors (Lipinski definition) is 3. The van der Waals surface area contributed by atoms with Gasteiger partial charge in [0.25, 0.3) is 0 Å². The molecule has 0 amide bonds. The maximum absolute atomic E-state index is 12.2. The molecule has 5 aromatic carbocycles. The van der Waals surface area contributed by atoms with Gasteiger partial charge >= 0.3 is 0 Å². The van der Waals surface area contributed by atoms with Crippen molar-refractivity contribution in [1.82, 2.24) is 0 Å². The molecule has 5 rings (SSSR count). The molecule has 0 saturated heterocycles. The Hall–Kier alpha value is -6.00. The van der Waals surface area contributed by atoms with Crippen LogP contribution in [-0.2, 0) is 60.9 Å². The molecule has 332 valence electrons. The number of carbonyl (C=O) groups excluding carboxylic acids is 6.